The first-order chi connectivity index (χ1) is 39.9. The van der Waals surface area contributed by atoms with E-state index in [0.717, 1.165) is 18.3 Å². The van der Waals surface area contributed by atoms with Gasteiger partial charge in [0.2, 0.25) is 0 Å². The standard InChI is InChI=1S/C55H86O29S2/c1-24(2)12-11-17-53(9)55(65)34(77-26(4)56)20-52(8)28-13-14-32-50(5,6)33(16-18-51(32,7)27(28)15-19-54(52,55)49(64)83-53)79-48-44(36(59)31(22-74-48)84-86(69,70)71)82-46-38(61)37(60)41(25(3)76-46)80-45-39(62)42(29(57)21-73-45)81-47-40(63)43(72-10)35(58)30(78-47)23-75-85(66,67)68/h12-13,25,27,29-48,57-63,65H,11,14-23H2,1-10H3,(H,66,67,68)(H,69,70,71)/t25-,27+,29-,30-,31-,32+,33+,34+,35-,36+,37-,38-,39-,40-,41-,42+,43+,44-,45+,46+,47+,48+,51-,52+,53+,54-,55+/m1/s1. The molecule has 86 heavy (non-hydrogen) atoms. The van der Waals surface area contributed by atoms with Gasteiger partial charge in [-0.25, -0.2) is 8.37 Å². The summed E-state index contributed by atoms with van der Waals surface area (Å²) in [7, 11) is -9.13. The summed E-state index contributed by atoms with van der Waals surface area (Å²) < 4.78 is 140. The van der Waals surface area contributed by atoms with Crippen molar-refractivity contribution < 1.29 is 137 Å². The number of aliphatic hydroxyl groups is 8. The van der Waals surface area contributed by atoms with Crippen molar-refractivity contribution in [2.24, 2.45) is 33.5 Å². The Balaban J connectivity index is 0.906. The minimum Gasteiger partial charge on any atom is -0.459 e. The largest absolute Gasteiger partial charge is 0.459 e. The fourth-order valence-electron chi connectivity index (χ4n) is 16.4. The van der Waals surface area contributed by atoms with Crippen LogP contribution in [0, 0.1) is 33.5 Å². The Morgan fingerprint density at radius 3 is 2.01 bits per heavy atom. The number of esters is 2. The highest BCUT2D eigenvalue weighted by molar-refractivity contribution is 7.81. The van der Waals surface area contributed by atoms with Crippen LogP contribution in [0.5, 0.6) is 0 Å². The molecule has 9 rings (SSSR count). The van der Waals surface area contributed by atoms with Gasteiger partial charge in [0.15, 0.2) is 30.8 Å². The van der Waals surface area contributed by atoms with Gasteiger partial charge in [-0.05, 0) is 102 Å². The summed E-state index contributed by atoms with van der Waals surface area (Å²) in [4.78, 5) is 27.5. The number of hydrogen-bond donors (Lipinski definition) is 10. The smallest absolute Gasteiger partial charge is 0.397 e. The molecule has 3 saturated carbocycles. The number of hydrogen-bond acceptors (Lipinski definition) is 27. The van der Waals surface area contributed by atoms with Crippen LogP contribution in [0.3, 0.4) is 0 Å². The minimum absolute atomic E-state index is 0.102. The number of cyclic esters (lactones) is 1. The number of ether oxygens (including phenoxy) is 11. The molecule has 5 heterocycles. The van der Waals surface area contributed by atoms with Crippen molar-refractivity contribution in [1.29, 1.82) is 0 Å². The van der Waals surface area contributed by atoms with E-state index in [9.17, 15) is 71.8 Å². The predicted molar refractivity (Wildman–Crippen MR) is 288 cm³/mol. The first-order valence-electron chi connectivity index (χ1n) is 29.1. The van der Waals surface area contributed by atoms with Crippen molar-refractivity contribution in [3.8, 4) is 0 Å². The average molecular weight is 1280 g/mol. The Morgan fingerprint density at radius 1 is 0.733 bits per heavy atom. The molecule has 0 amide bonds. The molecule has 0 bridgehead atoms. The first kappa shape index (κ1) is 67.9. The number of aliphatic hydroxyl groups excluding tert-OH is 7. The third-order valence-electron chi connectivity index (χ3n) is 20.6. The Hall–Kier alpha value is -2.52. The van der Waals surface area contributed by atoms with Gasteiger partial charge in [-0.15, -0.1) is 0 Å². The predicted octanol–water partition coefficient (Wildman–Crippen LogP) is -0.438. The molecule has 10 N–H and O–H groups in total. The zero-order valence-electron chi connectivity index (χ0n) is 49.7. The fraction of sp³-hybridized carbons (Fsp3) is 0.891. The number of methoxy groups -OCH3 is 1. The van der Waals surface area contributed by atoms with Crippen LogP contribution in [-0.2, 0) is 90.9 Å². The molecule has 1 spiro atoms. The van der Waals surface area contributed by atoms with Gasteiger partial charge in [0, 0.05) is 19.4 Å². The molecule has 492 valence electrons. The van der Waals surface area contributed by atoms with Crippen LogP contribution in [0.1, 0.15) is 114 Å². The number of carbonyl (C=O) groups is 2. The summed E-state index contributed by atoms with van der Waals surface area (Å²) in [5.41, 5.74) is -4.71. The second-order valence-electron chi connectivity index (χ2n) is 26.2. The highest BCUT2D eigenvalue weighted by Gasteiger charge is 2.87. The summed E-state index contributed by atoms with van der Waals surface area (Å²) in [5.74, 6) is -1.31. The zero-order chi connectivity index (χ0) is 63.4. The lowest BCUT2D eigenvalue weighted by atomic mass is 9.40. The van der Waals surface area contributed by atoms with Crippen LogP contribution in [0.2, 0.25) is 0 Å². The van der Waals surface area contributed by atoms with Crippen LogP contribution in [0.4, 0.5) is 0 Å². The van der Waals surface area contributed by atoms with E-state index in [4.69, 9.17) is 60.8 Å². The van der Waals surface area contributed by atoms with Crippen molar-refractivity contribution >= 4 is 32.7 Å². The van der Waals surface area contributed by atoms with Crippen LogP contribution < -0.4 is 0 Å². The van der Waals surface area contributed by atoms with E-state index in [1.165, 1.54) is 13.8 Å². The molecule has 0 radical (unpaired) electrons. The zero-order valence-corrected chi connectivity index (χ0v) is 51.3. The molecule has 0 aromatic heterocycles. The summed E-state index contributed by atoms with van der Waals surface area (Å²) in [6.45, 7) is 14.4. The van der Waals surface area contributed by atoms with Gasteiger partial charge in [-0.1, -0.05) is 51.0 Å². The molecular formula is C55H86O29S2. The van der Waals surface area contributed by atoms with Crippen molar-refractivity contribution in [3.63, 3.8) is 0 Å². The summed E-state index contributed by atoms with van der Waals surface area (Å²) in [6.07, 6.45) is -25.7. The number of fused-ring (bicyclic) bond motifs is 4. The third-order valence-corrected chi connectivity index (χ3v) is 21.5. The lowest BCUT2D eigenvalue weighted by Gasteiger charge is -2.64. The minimum atomic E-state index is -5.21. The highest BCUT2D eigenvalue weighted by Crippen LogP contribution is 2.78. The molecule has 8 fully saturated rings. The third kappa shape index (κ3) is 11.8. The highest BCUT2D eigenvalue weighted by atomic mass is 32.3. The molecule has 9 aliphatic rings. The maximum Gasteiger partial charge on any atom is 0.397 e. The van der Waals surface area contributed by atoms with Crippen molar-refractivity contribution in [2.75, 3.05) is 26.9 Å². The van der Waals surface area contributed by atoms with E-state index >= 15 is 0 Å². The molecule has 0 aromatic carbocycles. The van der Waals surface area contributed by atoms with E-state index in [-0.39, 0.29) is 24.7 Å². The van der Waals surface area contributed by atoms with E-state index < -0.39 is 208 Å². The SMILES string of the molecule is CO[C@@H]1[C@@H](O)[C@H](O[C@@H]2[C@@H](O)[C@H](O[C@H]3[C@H](O)[C@@H](O)[C@H](O[C@H]4[C@H](O[C@H]5CC[C@]6(C)[C@H]7CC[C@]89C(=O)O[C@@](C)(CCC=C(C)C)[C@@]8(O)[C@@H](OC(C)=O)C[C@@]9(C)C7=CC[C@H]6C5(C)C)OC[C@@H](OS(=O)(=O)O)[C@@H]4O)O[C@@H]3C)OC[C@H]2O)O[C@H](COS(=O)(=O)O)[C@H]1O. The number of allylic oxidation sites excluding steroid dienone is 4. The topological polar surface area (TPSA) is 425 Å². The van der Waals surface area contributed by atoms with Gasteiger partial charge < -0.3 is 93.0 Å². The monoisotopic (exact) mass is 1270 g/mol. The van der Waals surface area contributed by atoms with Crippen molar-refractivity contribution in [3.05, 3.63) is 23.3 Å². The Morgan fingerprint density at radius 2 is 1.37 bits per heavy atom. The molecule has 5 aliphatic heterocycles. The van der Waals surface area contributed by atoms with Crippen LogP contribution >= 0.6 is 0 Å². The molecule has 0 unspecified atom stereocenters. The normalized spacial score (nSPS) is 48.4. The lowest BCUT2D eigenvalue weighted by molar-refractivity contribution is -0.382. The first-order valence-corrected chi connectivity index (χ1v) is 31.8. The Labute approximate surface area is 499 Å². The van der Waals surface area contributed by atoms with Gasteiger partial charge in [0.25, 0.3) is 0 Å². The molecule has 31 heteroatoms. The van der Waals surface area contributed by atoms with E-state index in [1.54, 1.807) is 6.92 Å². The van der Waals surface area contributed by atoms with Crippen molar-refractivity contribution in [1.82, 2.24) is 0 Å². The van der Waals surface area contributed by atoms with E-state index in [2.05, 4.69) is 17.2 Å². The summed E-state index contributed by atoms with van der Waals surface area (Å²) >= 11 is 0. The summed E-state index contributed by atoms with van der Waals surface area (Å²) in [6, 6.07) is 0. The number of rotatable bonds is 18. The van der Waals surface area contributed by atoms with Crippen LogP contribution in [0.25, 0.3) is 0 Å². The maximum absolute atomic E-state index is 14.7. The quantitative estimate of drug-likeness (QED) is 0.0472. The molecule has 27 atom stereocenters. The lowest BCUT2D eigenvalue weighted by Crippen LogP contribution is -2.66. The van der Waals surface area contributed by atoms with Gasteiger partial charge in [0.1, 0.15) is 96.5 Å². The molecule has 5 saturated heterocycles. The van der Waals surface area contributed by atoms with Gasteiger partial charge in [0.05, 0.1) is 32.0 Å². The van der Waals surface area contributed by atoms with Gasteiger partial charge in [-0.3, -0.25) is 18.7 Å². The van der Waals surface area contributed by atoms with Crippen LogP contribution in [-0.4, -0.2) is 240 Å². The van der Waals surface area contributed by atoms with E-state index in [1.807, 2.05) is 40.7 Å². The number of carbonyl (C=O) groups excluding carboxylic acids is 2. The van der Waals surface area contributed by atoms with E-state index in [0.29, 0.717) is 38.5 Å². The molecular weight excluding hydrogens is 1190 g/mol. The maximum atomic E-state index is 14.7. The van der Waals surface area contributed by atoms with Crippen LogP contribution in [0.15, 0.2) is 23.3 Å². The fourth-order valence-corrected chi connectivity index (χ4v) is 17.2. The van der Waals surface area contributed by atoms with Gasteiger partial charge >= 0.3 is 32.7 Å². The van der Waals surface area contributed by atoms with Crippen molar-refractivity contribution in [2.45, 2.75) is 248 Å². The molecule has 0 aromatic rings. The second-order valence-corrected chi connectivity index (χ2v) is 28.4. The molecule has 29 nitrogen and oxygen atoms in total. The second kappa shape index (κ2) is 24.5. The Kier molecular flexibility index (Phi) is 19.3. The molecule has 4 aliphatic carbocycles. The Bertz CT molecular complexity index is 2780. The summed E-state index contributed by atoms with van der Waals surface area (Å²) in [5, 5.41) is 92.4. The van der Waals surface area contributed by atoms with Gasteiger partial charge in [-0.2, -0.15) is 16.8 Å². The average Bonchev–Trinajstić information content (AvgIpc) is 1.46.